The average molecular weight is 337 g/mol. The molecule has 108 valence electrons. The molecule has 0 aliphatic rings. The van der Waals surface area contributed by atoms with Gasteiger partial charge in [-0.2, -0.15) is 0 Å². The van der Waals surface area contributed by atoms with Crippen LogP contribution in [0.4, 0.5) is 0 Å². The minimum absolute atomic E-state index is 0.193. The molecule has 0 radical (unpaired) electrons. The number of hydrogen-bond acceptors (Lipinski definition) is 2. The lowest BCUT2D eigenvalue weighted by Crippen LogP contribution is -2.06. The maximum absolute atomic E-state index is 5.83. The van der Waals surface area contributed by atoms with Crippen molar-refractivity contribution in [1.29, 1.82) is 0 Å². The standard InChI is InChI=1S/C17H21BrO2/c1-12(2)20-17-8-5-14-11-15(19-10-4-9-18)6-7-16(14)13(17)3/h5-8,11-12H,4,9-10H2,1-3H3. The highest BCUT2D eigenvalue weighted by atomic mass is 79.9. The van der Waals surface area contributed by atoms with Crippen molar-refractivity contribution in [3.05, 3.63) is 35.9 Å². The number of benzene rings is 2. The fraction of sp³-hybridized carbons (Fsp3) is 0.412. The van der Waals surface area contributed by atoms with Crippen LogP contribution in [0.2, 0.25) is 0 Å². The topological polar surface area (TPSA) is 18.5 Å². The van der Waals surface area contributed by atoms with Gasteiger partial charge in [-0.05, 0) is 61.7 Å². The maximum Gasteiger partial charge on any atom is 0.123 e. The molecule has 2 nitrogen and oxygen atoms in total. The first-order chi connectivity index (χ1) is 9.61. The van der Waals surface area contributed by atoms with Gasteiger partial charge in [0.1, 0.15) is 11.5 Å². The second-order valence-electron chi connectivity index (χ2n) is 5.13. The molecule has 0 atom stereocenters. The molecule has 0 aliphatic carbocycles. The second kappa shape index (κ2) is 6.98. The van der Waals surface area contributed by atoms with Crippen LogP contribution in [0.1, 0.15) is 25.8 Å². The molecule has 0 bridgehead atoms. The summed E-state index contributed by atoms with van der Waals surface area (Å²) in [6.45, 7) is 6.94. The van der Waals surface area contributed by atoms with E-state index in [1.165, 1.54) is 16.3 Å². The highest BCUT2D eigenvalue weighted by Gasteiger charge is 2.07. The third-order valence-corrected chi connectivity index (χ3v) is 3.68. The smallest absolute Gasteiger partial charge is 0.123 e. The number of alkyl halides is 1. The van der Waals surface area contributed by atoms with Gasteiger partial charge in [-0.15, -0.1) is 0 Å². The van der Waals surface area contributed by atoms with Gasteiger partial charge in [-0.3, -0.25) is 0 Å². The van der Waals surface area contributed by atoms with Crippen LogP contribution in [-0.2, 0) is 0 Å². The Balaban J connectivity index is 2.26. The molecule has 2 rings (SSSR count). The Morgan fingerprint density at radius 2 is 1.95 bits per heavy atom. The van der Waals surface area contributed by atoms with Gasteiger partial charge >= 0.3 is 0 Å². The van der Waals surface area contributed by atoms with E-state index >= 15 is 0 Å². The van der Waals surface area contributed by atoms with Gasteiger partial charge in [-0.1, -0.05) is 28.1 Å². The first-order valence-electron chi connectivity index (χ1n) is 7.00. The highest BCUT2D eigenvalue weighted by Crippen LogP contribution is 2.30. The van der Waals surface area contributed by atoms with Gasteiger partial charge in [0.2, 0.25) is 0 Å². The SMILES string of the molecule is Cc1c(OC(C)C)ccc2cc(OCCCBr)ccc12. The monoisotopic (exact) mass is 336 g/mol. The van der Waals surface area contributed by atoms with Crippen molar-refractivity contribution in [2.45, 2.75) is 33.3 Å². The Morgan fingerprint density at radius 1 is 1.15 bits per heavy atom. The van der Waals surface area contributed by atoms with E-state index < -0.39 is 0 Å². The fourth-order valence-corrected chi connectivity index (χ4v) is 2.39. The van der Waals surface area contributed by atoms with E-state index in [0.29, 0.717) is 0 Å². The van der Waals surface area contributed by atoms with Gasteiger partial charge in [0, 0.05) is 5.33 Å². The van der Waals surface area contributed by atoms with Crippen LogP contribution in [0.25, 0.3) is 10.8 Å². The molecule has 0 aromatic heterocycles. The van der Waals surface area contributed by atoms with Gasteiger partial charge in [0.05, 0.1) is 12.7 Å². The van der Waals surface area contributed by atoms with E-state index in [0.717, 1.165) is 29.9 Å². The summed E-state index contributed by atoms with van der Waals surface area (Å²) >= 11 is 3.41. The lowest BCUT2D eigenvalue weighted by molar-refractivity contribution is 0.241. The molecule has 0 N–H and O–H groups in total. The lowest BCUT2D eigenvalue weighted by atomic mass is 10.0. The molecule has 3 heteroatoms. The van der Waals surface area contributed by atoms with Crippen LogP contribution in [0, 0.1) is 6.92 Å². The number of halogens is 1. The van der Waals surface area contributed by atoms with Crippen LogP contribution in [0.15, 0.2) is 30.3 Å². The van der Waals surface area contributed by atoms with Crippen molar-refractivity contribution >= 4 is 26.7 Å². The van der Waals surface area contributed by atoms with E-state index in [1.807, 2.05) is 26.0 Å². The zero-order valence-corrected chi connectivity index (χ0v) is 13.9. The van der Waals surface area contributed by atoms with E-state index in [1.54, 1.807) is 0 Å². The summed E-state index contributed by atoms with van der Waals surface area (Å²) in [5.74, 6) is 1.89. The Bertz CT molecular complexity index is 578. The number of ether oxygens (including phenoxy) is 2. The summed E-state index contributed by atoms with van der Waals surface area (Å²) in [5, 5.41) is 3.38. The van der Waals surface area contributed by atoms with Crippen molar-refractivity contribution in [1.82, 2.24) is 0 Å². The van der Waals surface area contributed by atoms with E-state index in [4.69, 9.17) is 9.47 Å². The first kappa shape index (κ1) is 15.2. The molecule has 0 unspecified atom stereocenters. The van der Waals surface area contributed by atoms with E-state index in [-0.39, 0.29) is 6.10 Å². The molecule has 0 aliphatic heterocycles. The summed E-state index contributed by atoms with van der Waals surface area (Å²) in [5.41, 5.74) is 1.18. The predicted molar refractivity (Wildman–Crippen MR) is 88.4 cm³/mol. The summed E-state index contributed by atoms with van der Waals surface area (Å²) < 4.78 is 11.6. The second-order valence-corrected chi connectivity index (χ2v) is 5.92. The number of rotatable bonds is 6. The lowest BCUT2D eigenvalue weighted by Gasteiger charge is -2.14. The Labute approximate surface area is 129 Å². The van der Waals surface area contributed by atoms with E-state index in [9.17, 15) is 0 Å². The fourth-order valence-electron chi connectivity index (χ4n) is 2.16. The summed E-state index contributed by atoms with van der Waals surface area (Å²) in [6, 6.07) is 10.4. The molecule has 0 amide bonds. The molecule has 0 heterocycles. The normalized spacial score (nSPS) is 11.1. The largest absolute Gasteiger partial charge is 0.494 e. The minimum atomic E-state index is 0.193. The maximum atomic E-state index is 5.83. The van der Waals surface area contributed by atoms with Gasteiger partial charge in [0.25, 0.3) is 0 Å². The van der Waals surface area contributed by atoms with Crippen LogP contribution in [0.5, 0.6) is 11.5 Å². The summed E-state index contributed by atoms with van der Waals surface area (Å²) in [4.78, 5) is 0. The first-order valence-corrected chi connectivity index (χ1v) is 8.12. The number of fused-ring (bicyclic) bond motifs is 1. The van der Waals surface area contributed by atoms with E-state index in [2.05, 4.69) is 41.1 Å². The van der Waals surface area contributed by atoms with Gasteiger partial charge in [0.15, 0.2) is 0 Å². The molecule has 0 spiro atoms. The highest BCUT2D eigenvalue weighted by molar-refractivity contribution is 9.09. The van der Waals surface area contributed by atoms with Crippen molar-refractivity contribution in [2.24, 2.45) is 0 Å². The zero-order valence-electron chi connectivity index (χ0n) is 12.3. The number of aryl methyl sites for hydroxylation is 1. The molecule has 20 heavy (non-hydrogen) atoms. The zero-order chi connectivity index (χ0) is 14.5. The Hall–Kier alpha value is -1.22. The van der Waals surface area contributed by atoms with Crippen molar-refractivity contribution < 1.29 is 9.47 Å². The quantitative estimate of drug-likeness (QED) is 0.539. The molecule has 0 fully saturated rings. The van der Waals surface area contributed by atoms with Crippen molar-refractivity contribution in [3.8, 4) is 11.5 Å². The molecule has 0 saturated heterocycles. The predicted octanol–water partition coefficient (Wildman–Crippen LogP) is 5.10. The van der Waals surface area contributed by atoms with Crippen LogP contribution < -0.4 is 9.47 Å². The molecule has 0 saturated carbocycles. The van der Waals surface area contributed by atoms with Gasteiger partial charge < -0.3 is 9.47 Å². The summed E-state index contributed by atoms with van der Waals surface area (Å²) in [6.07, 6.45) is 1.20. The average Bonchev–Trinajstić information content (AvgIpc) is 2.42. The molecule has 2 aromatic rings. The van der Waals surface area contributed by atoms with Crippen LogP contribution in [0.3, 0.4) is 0 Å². The molecular formula is C17H21BrO2. The Morgan fingerprint density at radius 3 is 2.65 bits per heavy atom. The van der Waals surface area contributed by atoms with Gasteiger partial charge in [-0.25, -0.2) is 0 Å². The third-order valence-electron chi connectivity index (χ3n) is 3.12. The summed E-state index contributed by atoms with van der Waals surface area (Å²) in [7, 11) is 0. The molecular weight excluding hydrogens is 316 g/mol. The third kappa shape index (κ3) is 3.66. The minimum Gasteiger partial charge on any atom is -0.494 e. The van der Waals surface area contributed by atoms with Crippen molar-refractivity contribution in [3.63, 3.8) is 0 Å². The van der Waals surface area contributed by atoms with Crippen molar-refractivity contribution in [2.75, 3.05) is 11.9 Å². The van der Waals surface area contributed by atoms with Crippen LogP contribution >= 0.6 is 15.9 Å². The Kier molecular flexibility index (Phi) is 5.30. The van der Waals surface area contributed by atoms with Crippen LogP contribution in [-0.4, -0.2) is 18.0 Å². The number of hydrogen-bond donors (Lipinski definition) is 0. The molecule has 2 aromatic carbocycles.